The van der Waals surface area contributed by atoms with Crippen molar-refractivity contribution >= 4 is 34.5 Å². The number of nitrogens with one attached hydrogen (secondary N) is 1. The summed E-state index contributed by atoms with van der Waals surface area (Å²) in [4.78, 5) is 17.1. The molecule has 5 nitrogen and oxygen atoms in total. The lowest BCUT2D eigenvalue weighted by molar-refractivity contribution is -0.116. The topological polar surface area (TPSA) is 60.5 Å². The van der Waals surface area contributed by atoms with E-state index < -0.39 is 0 Å². The van der Waals surface area contributed by atoms with Crippen molar-refractivity contribution in [3.05, 3.63) is 83.2 Å². The summed E-state index contributed by atoms with van der Waals surface area (Å²) in [6.45, 7) is 0.462. The van der Waals surface area contributed by atoms with Gasteiger partial charge in [0.15, 0.2) is 0 Å². The van der Waals surface area contributed by atoms with Crippen molar-refractivity contribution < 1.29 is 14.3 Å². The molecule has 0 bridgehead atoms. The van der Waals surface area contributed by atoms with Crippen molar-refractivity contribution in [3.8, 4) is 33.3 Å². The number of hydrogen-bond donors (Lipinski definition) is 1. The second-order valence-electron chi connectivity index (χ2n) is 7.27. The van der Waals surface area contributed by atoms with Crippen LogP contribution in [-0.2, 0) is 4.79 Å². The van der Waals surface area contributed by atoms with Crippen molar-refractivity contribution in [3.63, 3.8) is 0 Å². The first-order valence-corrected chi connectivity index (χ1v) is 11.8. The Hall–Kier alpha value is -3.35. The number of halogens is 1. The Labute approximate surface area is 202 Å². The highest BCUT2D eigenvalue weighted by Gasteiger charge is 2.10. The molecule has 168 valence electrons. The van der Waals surface area contributed by atoms with E-state index in [0.717, 1.165) is 39.0 Å². The molecular formula is C26H23ClN2O3S. The van der Waals surface area contributed by atoms with Crippen LogP contribution in [0.15, 0.2) is 78.2 Å². The number of methoxy groups -OCH3 is 1. The summed E-state index contributed by atoms with van der Waals surface area (Å²) in [5, 5.41) is 6.49. The van der Waals surface area contributed by atoms with Gasteiger partial charge < -0.3 is 14.8 Å². The second kappa shape index (κ2) is 11.0. The summed E-state index contributed by atoms with van der Waals surface area (Å²) >= 11 is 7.84. The fourth-order valence-electron chi connectivity index (χ4n) is 3.24. The predicted molar refractivity (Wildman–Crippen MR) is 134 cm³/mol. The van der Waals surface area contributed by atoms with E-state index >= 15 is 0 Å². The molecule has 0 saturated carbocycles. The Bertz CT molecular complexity index is 1220. The lowest BCUT2D eigenvalue weighted by Crippen LogP contribution is -2.12. The van der Waals surface area contributed by atoms with Gasteiger partial charge in [0.1, 0.15) is 16.5 Å². The first-order valence-electron chi connectivity index (χ1n) is 10.5. The maximum Gasteiger partial charge on any atom is 0.224 e. The fourth-order valence-corrected chi connectivity index (χ4v) is 4.39. The van der Waals surface area contributed by atoms with Gasteiger partial charge in [-0.1, -0.05) is 41.9 Å². The number of carbonyl (C=O) groups is 1. The van der Waals surface area contributed by atoms with Gasteiger partial charge in [-0.25, -0.2) is 4.98 Å². The van der Waals surface area contributed by atoms with Crippen LogP contribution in [0.5, 0.6) is 11.5 Å². The zero-order valence-corrected chi connectivity index (χ0v) is 19.7. The zero-order valence-electron chi connectivity index (χ0n) is 18.1. The quantitative estimate of drug-likeness (QED) is 0.265. The highest BCUT2D eigenvalue weighted by molar-refractivity contribution is 7.13. The van der Waals surface area contributed by atoms with Crippen molar-refractivity contribution in [2.75, 3.05) is 19.0 Å². The van der Waals surface area contributed by atoms with E-state index in [1.807, 2.05) is 78.2 Å². The van der Waals surface area contributed by atoms with E-state index in [0.29, 0.717) is 24.5 Å². The smallest absolute Gasteiger partial charge is 0.224 e. The number of carbonyl (C=O) groups excluding carboxylic acids is 1. The van der Waals surface area contributed by atoms with E-state index in [-0.39, 0.29) is 5.91 Å². The highest BCUT2D eigenvalue weighted by Crippen LogP contribution is 2.33. The van der Waals surface area contributed by atoms with Crippen molar-refractivity contribution in [1.82, 2.24) is 4.98 Å². The van der Waals surface area contributed by atoms with Crippen LogP contribution in [0.2, 0.25) is 5.02 Å². The summed E-state index contributed by atoms with van der Waals surface area (Å²) in [5.74, 6) is 1.48. The monoisotopic (exact) mass is 478 g/mol. The number of aromatic nitrogens is 1. The number of hydrogen-bond acceptors (Lipinski definition) is 5. The van der Waals surface area contributed by atoms with E-state index in [1.165, 1.54) is 0 Å². The standard InChI is InChI=1S/C26H23ClN2O3S/c1-31-20-11-13-21(14-12-20)32-15-5-10-25(30)28-19-7-4-6-18(16-19)24-17-33-26(29-24)22-8-2-3-9-23(22)27/h2-4,6-9,11-14,16-17H,5,10,15H2,1H3,(H,28,30). The normalized spacial score (nSPS) is 10.6. The van der Waals surface area contributed by atoms with Crippen LogP contribution < -0.4 is 14.8 Å². The molecular weight excluding hydrogens is 456 g/mol. The van der Waals surface area contributed by atoms with Crippen LogP contribution in [0.25, 0.3) is 21.8 Å². The summed E-state index contributed by atoms with van der Waals surface area (Å²) in [7, 11) is 1.62. The number of ether oxygens (including phenoxy) is 2. The predicted octanol–water partition coefficient (Wildman–Crippen LogP) is 6.94. The summed E-state index contributed by atoms with van der Waals surface area (Å²) in [5.41, 5.74) is 3.43. The second-order valence-corrected chi connectivity index (χ2v) is 8.54. The molecule has 0 aliphatic heterocycles. The van der Waals surface area contributed by atoms with Gasteiger partial charge in [0, 0.05) is 28.6 Å². The van der Waals surface area contributed by atoms with E-state index in [1.54, 1.807) is 18.4 Å². The van der Waals surface area contributed by atoms with Crippen LogP contribution >= 0.6 is 22.9 Å². The number of benzene rings is 3. The van der Waals surface area contributed by atoms with Gasteiger partial charge in [0.05, 0.1) is 24.4 Å². The average Bonchev–Trinajstić information content (AvgIpc) is 3.33. The largest absolute Gasteiger partial charge is 0.497 e. The van der Waals surface area contributed by atoms with Crippen LogP contribution in [-0.4, -0.2) is 24.6 Å². The molecule has 0 aliphatic carbocycles. The van der Waals surface area contributed by atoms with Gasteiger partial charge in [-0.05, 0) is 48.9 Å². The van der Waals surface area contributed by atoms with E-state index in [9.17, 15) is 4.79 Å². The molecule has 1 heterocycles. The van der Waals surface area contributed by atoms with Crippen molar-refractivity contribution in [2.45, 2.75) is 12.8 Å². The van der Waals surface area contributed by atoms with Crippen LogP contribution in [0, 0.1) is 0 Å². The molecule has 0 spiro atoms. The highest BCUT2D eigenvalue weighted by atomic mass is 35.5. The number of nitrogens with zero attached hydrogens (tertiary/aromatic N) is 1. The molecule has 1 aromatic heterocycles. The molecule has 3 aromatic carbocycles. The average molecular weight is 479 g/mol. The first-order chi connectivity index (χ1) is 16.1. The molecule has 0 radical (unpaired) electrons. The van der Waals surface area contributed by atoms with Crippen molar-refractivity contribution in [2.24, 2.45) is 0 Å². The van der Waals surface area contributed by atoms with Gasteiger partial charge in [-0.3, -0.25) is 4.79 Å². The third-order valence-corrected chi connectivity index (χ3v) is 6.13. The minimum Gasteiger partial charge on any atom is -0.497 e. The fraction of sp³-hybridized carbons (Fsp3) is 0.154. The molecule has 1 N–H and O–H groups in total. The van der Waals surface area contributed by atoms with Gasteiger partial charge in [-0.15, -0.1) is 11.3 Å². The lowest BCUT2D eigenvalue weighted by atomic mass is 10.1. The molecule has 4 rings (SSSR count). The molecule has 33 heavy (non-hydrogen) atoms. The Morgan fingerprint density at radius 1 is 1.03 bits per heavy atom. The minimum absolute atomic E-state index is 0.0551. The number of rotatable bonds is 9. The van der Waals surface area contributed by atoms with Crippen LogP contribution in [0.1, 0.15) is 12.8 Å². The molecule has 4 aromatic rings. The Morgan fingerprint density at radius 3 is 2.61 bits per heavy atom. The maximum absolute atomic E-state index is 12.4. The minimum atomic E-state index is -0.0551. The first kappa shape index (κ1) is 22.8. The molecule has 0 unspecified atom stereocenters. The summed E-state index contributed by atoms with van der Waals surface area (Å²) in [6.07, 6.45) is 0.985. The molecule has 0 saturated heterocycles. The van der Waals surface area contributed by atoms with Crippen LogP contribution in [0.4, 0.5) is 5.69 Å². The third-order valence-electron chi connectivity index (χ3n) is 4.93. The molecule has 7 heteroatoms. The Balaban J connectivity index is 1.30. The van der Waals surface area contributed by atoms with E-state index in [2.05, 4.69) is 5.32 Å². The van der Waals surface area contributed by atoms with Gasteiger partial charge >= 0.3 is 0 Å². The molecule has 0 atom stereocenters. The lowest BCUT2D eigenvalue weighted by Gasteiger charge is -2.08. The van der Waals surface area contributed by atoms with E-state index in [4.69, 9.17) is 26.1 Å². The zero-order chi connectivity index (χ0) is 23.0. The summed E-state index contributed by atoms with van der Waals surface area (Å²) < 4.78 is 10.8. The molecule has 0 fully saturated rings. The maximum atomic E-state index is 12.4. The Kier molecular flexibility index (Phi) is 7.60. The number of amides is 1. The summed E-state index contributed by atoms with van der Waals surface area (Å²) in [6, 6.07) is 22.7. The van der Waals surface area contributed by atoms with Crippen molar-refractivity contribution in [1.29, 1.82) is 0 Å². The van der Waals surface area contributed by atoms with Crippen LogP contribution in [0.3, 0.4) is 0 Å². The van der Waals surface area contributed by atoms with Gasteiger partial charge in [0.25, 0.3) is 0 Å². The number of thiazole rings is 1. The molecule has 1 amide bonds. The van der Waals surface area contributed by atoms with Gasteiger partial charge in [-0.2, -0.15) is 0 Å². The Morgan fingerprint density at radius 2 is 1.82 bits per heavy atom. The SMILES string of the molecule is COc1ccc(OCCCC(=O)Nc2cccc(-c3csc(-c4ccccc4Cl)n3)c2)cc1. The third kappa shape index (κ3) is 6.12. The van der Waals surface area contributed by atoms with Gasteiger partial charge in [0.2, 0.25) is 5.91 Å². The molecule has 0 aliphatic rings. The number of anilines is 1.